The van der Waals surface area contributed by atoms with E-state index in [1.54, 1.807) is 19.1 Å². The summed E-state index contributed by atoms with van der Waals surface area (Å²) in [5.74, 6) is 0.713. The van der Waals surface area contributed by atoms with Gasteiger partial charge in [0.25, 0.3) is 0 Å². The minimum atomic E-state index is -0.0722. The number of benzene rings is 1. The van der Waals surface area contributed by atoms with Crippen LogP contribution >= 0.6 is 0 Å². The van der Waals surface area contributed by atoms with Crippen molar-refractivity contribution in [1.82, 2.24) is 4.90 Å². The van der Waals surface area contributed by atoms with Gasteiger partial charge < -0.3 is 20.1 Å². The first-order valence-electron chi connectivity index (χ1n) is 6.23. The van der Waals surface area contributed by atoms with Crippen LogP contribution in [0.15, 0.2) is 18.2 Å². The van der Waals surface area contributed by atoms with Crippen LogP contribution in [-0.4, -0.2) is 44.7 Å². The van der Waals surface area contributed by atoms with E-state index in [-0.39, 0.29) is 12.5 Å². The molecule has 106 valence electrons. The van der Waals surface area contributed by atoms with Crippen molar-refractivity contribution in [2.45, 2.75) is 13.5 Å². The average Bonchev–Trinajstić information content (AvgIpc) is 2.39. The van der Waals surface area contributed by atoms with E-state index in [9.17, 15) is 4.79 Å². The Morgan fingerprint density at radius 2 is 2.16 bits per heavy atom. The van der Waals surface area contributed by atoms with Crippen LogP contribution in [0.25, 0.3) is 0 Å². The number of hydrogen-bond acceptors (Lipinski definition) is 4. The molecule has 0 saturated heterocycles. The van der Waals surface area contributed by atoms with E-state index in [0.717, 1.165) is 16.9 Å². The number of hydrogen-bond donors (Lipinski definition) is 1. The molecule has 0 atom stereocenters. The Labute approximate surface area is 114 Å². The molecule has 1 rings (SSSR count). The lowest BCUT2D eigenvalue weighted by Gasteiger charge is -2.19. The highest BCUT2D eigenvalue weighted by molar-refractivity contribution is 5.77. The molecule has 0 aliphatic rings. The van der Waals surface area contributed by atoms with Crippen molar-refractivity contribution in [3.05, 3.63) is 29.3 Å². The lowest BCUT2D eigenvalue weighted by molar-refractivity contribution is -0.135. The van der Waals surface area contributed by atoms with Gasteiger partial charge in [0.15, 0.2) is 0 Å². The molecular formula is C14H22N2O3. The Balaban J connectivity index is 2.62. The second kappa shape index (κ2) is 7.76. The van der Waals surface area contributed by atoms with E-state index < -0.39 is 0 Å². The normalized spacial score (nSPS) is 10.3. The summed E-state index contributed by atoms with van der Waals surface area (Å²) in [6.07, 6.45) is 0. The summed E-state index contributed by atoms with van der Waals surface area (Å²) in [5.41, 5.74) is 7.42. The molecule has 0 unspecified atom stereocenters. The van der Waals surface area contributed by atoms with E-state index in [0.29, 0.717) is 19.7 Å². The van der Waals surface area contributed by atoms with Gasteiger partial charge in [0, 0.05) is 25.7 Å². The third-order valence-electron chi connectivity index (χ3n) is 2.76. The van der Waals surface area contributed by atoms with Crippen molar-refractivity contribution in [2.75, 3.05) is 33.9 Å². The van der Waals surface area contributed by atoms with Gasteiger partial charge >= 0.3 is 0 Å². The van der Waals surface area contributed by atoms with Gasteiger partial charge in [0.2, 0.25) is 5.91 Å². The third kappa shape index (κ3) is 4.89. The van der Waals surface area contributed by atoms with Crippen molar-refractivity contribution in [1.29, 1.82) is 0 Å². The number of carbonyl (C=O) groups is 1. The SMILES string of the molecule is COc1ccc(C)cc1CN(C)C(=O)COCCN. The Kier molecular flexibility index (Phi) is 6.32. The number of nitrogens with zero attached hydrogens (tertiary/aromatic N) is 1. The van der Waals surface area contributed by atoms with Crippen LogP contribution in [0.1, 0.15) is 11.1 Å². The quantitative estimate of drug-likeness (QED) is 0.746. The fourth-order valence-electron chi connectivity index (χ4n) is 1.73. The summed E-state index contributed by atoms with van der Waals surface area (Å²) >= 11 is 0. The summed E-state index contributed by atoms with van der Waals surface area (Å²) in [7, 11) is 3.37. The Morgan fingerprint density at radius 1 is 1.42 bits per heavy atom. The molecule has 0 radical (unpaired) electrons. The first kappa shape index (κ1) is 15.5. The number of nitrogens with two attached hydrogens (primary N) is 1. The fourth-order valence-corrected chi connectivity index (χ4v) is 1.73. The highest BCUT2D eigenvalue weighted by Gasteiger charge is 2.12. The zero-order valence-electron chi connectivity index (χ0n) is 11.8. The highest BCUT2D eigenvalue weighted by Crippen LogP contribution is 2.20. The molecule has 0 saturated carbocycles. The van der Waals surface area contributed by atoms with Crippen LogP contribution in [0.2, 0.25) is 0 Å². The predicted molar refractivity (Wildman–Crippen MR) is 74.1 cm³/mol. The molecule has 1 amide bonds. The van der Waals surface area contributed by atoms with Gasteiger partial charge in [0.1, 0.15) is 12.4 Å². The average molecular weight is 266 g/mol. The topological polar surface area (TPSA) is 64.8 Å². The standard InChI is InChI=1S/C14H22N2O3/c1-11-4-5-13(18-3)12(8-11)9-16(2)14(17)10-19-7-6-15/h4-5,8H,6-7,9-10,15H2,1-3H3. The Hall–Kier alpha value is -1.59. The fraction of sp³-hybridized carbons (Fsp3) is 0.500. The summed E-state index contributed by atoms with van der Waals surface area (Å²) in [6, 6.07) is 5.91. The van der Waals surface area contributed by atoms with Crippen LogP contribution in [0.4, 0.5) is 0 Å². The molecule has 5 nitrogen and oxygen atoms in total. The number of rotatable bonds is 7. The van der Waals surface area contributed by atoms with Crippen LogP contribution in [0, 0.1) is 6.92 Å². The summed E-state index contributed by atoms with van der Waals surface area (Å²) in [6.45, 7) is 3.38. The molecule has 5 heteroatoms. The van der Waals surface area contributed by atoms with Gasteiger partial charge in [-0.3, -0.25) is 4.79 Å². The molecular weight excluding hydrogens is 244 g/mol. The molecule has 0 aliphatic carbocycles. The van der Waals surface area contributed by atoms with Crippen molar-refractivity contribution in [2.24, 2.45) is 5.73 Å². The molecule has 0 heterocycles. The smallest absolute Gasteiger partial charge is 0.248 e. The van der Waals surface area contributed by atoms with E-state index in [2.05, 4.69) is 0 Å². The molecule has 0 bridgehead atoms. The maximum Gasteiger partial charge on any atom is 0.248 e. The Morgan fingerprint density at radius 3 is 2.79 bits per heavy atom. The second-order valence-corrected chi connectivity index (χ2v) is 4.41. The van der Waals surface area contributed by atoms with E-state index in [4.69, 9.17) is 15.2 Å². The molecule has 1 aromatic carbocycles. The highest BCUT2D eigenvalue weighted by atomic mass is 16.5. The van der Waals surface area contributed by atoms with Gasteiger partial charge in [-0.05, 0) is 13.0 Å². The lowest BCUT2D eigenvalue weighted by Crippen LogP contribution is -2.30. The van der Waals surface area contributed by atoms with Gasteiger partial charge in [-0.15, -0.1) is 0 Å². The van der Waals surface area contributed by atoms with E-state index >= 15 is 0 Å². The largest absolute Gasteiger partial charge is 0.496 e. The molecule has 1 aromatic rings. The first-order valence-corrected chi connectivity index (χ1v) is 6.23. The molecule has 0 spiro atoms. The number of methoxy groups -OCH3 is 1. The first-order chi connectivity index (χ1) is 9.08. The number of likely N-dealkylation sites (N-methyl/N-ethyl adjacent to an activating group) is 1. The van der Waals surface area contributed by atoms with Crippen LogP contribution in [0.5, 0.6) is 5.75 Å². The lowest BCUT2D eigenvalue weighted by atomic mass is 10.1. The van der Waals surface area contributed by atoms with Gasteiger partial charge in [-0.25, -0.2) is 0 Å². The van der Waals surface area contributed by atoms with Crippen molar-refractivity contribution in [3.63, 3.8) is 0 Å². The Bertz CT molecular complexity index is 421. The maximum atomic E-state index is 11.8. The molecule has 2 N–H and O–H groups in total. The van der Waals surface area contributed by atoms with Gasteiger partial charge in [-0.2, -0.15) is 0 Å². The van der Waals surface area contributed by atoms with Gasteiger partial charge in [-0.1, -0.05) is 17.7 Å². The zero-order valence-corrected chi connectivity index (χ0v) is 11.8. The number of aryl methyl sites for hydroxylation is 1. The molecule has 0 aliphatic heterocycles. The van der Waals surface area contributed by atoms with E-state index in [1.165, 1.54) is 0 Å². The predicted octanol–water partition coefficient (Wildman–Crippen LogP) is 0.937. The summed E-state index contributed by atoms with van der Waals surface area (Å²) < 4.78 is 10.4. The number of amides is 1. The maximum absolute atomic E-state index is 11.8. The minimum Gasteiger partial charge on any atom is -0.496 e. The third-order valence-corrected chi connectivity index (χ3v) is 2.76. The van der Waals surface area contributed by atoms with Crippen molar-refractivity contribution < 1.29 is 14.3 Å². The monoisotopic (exact) mass is 266 g/mol. The summed E-state index contributed by atoms with van der Waals surface area (Å²) in [4.78, 5) is 13.4. The summed E-state index contributed by atoms with van der Waals surface area (Å²) in [5, 5.41) is 0. The minimum absolute atomic E-state index is 0.0574. The van der Waals surface area contributed by atoms with Crippen LogP contribution < -0.4 is 10.5 Å². The molecule has 0 fully saturated rings. The van der Waals surface area contributed by atoms with Crippen LogP contribution in [-0.2, 0) is 16.1 Å². The molecule has 0 aromatic heterocycles. The van der Waals surface area contributed by atoms with Gasteiger partial charge in [0.05, 0.1) is 13.7 Å². The molecule has 19 heavy (non-hydrogen) atoms. The second-order valence-electron chi connectivity index (χ2n) is 4.41. The number of ether oxygens (including phenoxy) is 2. The van der Waals surface area contributed by atoms with E-state index in [1.807, 2.05) is 25.1 Å². The zero-order chi connectivity index (χ0) is 14.3. The van der Waals surface area contributed by atoms with Crippen molar-refractivity contribution >= 4 is 5.91 Å². The van der Waals surface area contributed by atoms with Crippen LogP contribution in [0.3, 0.4) is 0 Å². The van der Waals surface area contributed by atoms with Crippen molar-refractivity contribution in [3.8, 4) is 5.75 Å². The number of carbonyl (C=O) groups excluding carboxylic acids is 1.